The fourth-order valence-electron chi connectivity index (χ4n) is 1.70. The van der Waals surface area contributed by atoms with Gasteiger partial charge < -0.3 is 20.1 Å². The first kappa shape index (κ1) is 16.3. The summed E-state index contributed by atoms with van der Waals surface area (Å²) in [5.41, 5.74) is 1.17. The highest BCUT2D eigenvalue weighted by molar-refractivity contribution is 5.73. The first-order chi connectivity index (χ1) is 9.76. The SMILES string of the molecule is CCOCCCNC(=O)NCCc1ccc(OC)cc1. The van der Waals surface area contributed by atoms with Crippen molar-refractivity contribution in [2.75, 3.05) is 33.4 Å². The molecule has 0 bridgehead atoms. The van der Waals surface area contributed by atoms with Crippen LogP contribution in [-0.4, -0.2) is 39.4 Å². The molecular weight excluding hydrogens is 256 g/mol. The molecule has 0 fully saturated rings. The van der Waals surface area contributed by atoms with Crippen LogP contribution >= 0.6 is 0 Å². The van der Waals surface area contributed by atoms with Gasteiger partial charge in [-0.1, -0.05) is 12.1 Å². The topological polar surface area (TPSA) is 59.6 Å². The van der Waals surface area contributed by atoms with Crippen molar-refractivity contribution in [2.24, 2.45) is 0 Å². The Morgan fingerprint density at radius 3 is 2.50 bits per heavy atom. The summed E-state index contributed by atoms with van der Waals surface area (Å²) in [7, 11) is 1.65. The predicted octanol–water partition coefficient (Wildman–Crippen LogP) is 1.96. The lowest BCUT2D eigenvalue weighted by atomic mass is 10.1. The molecule has 0 unspecified atom stereocenters. The summed E-state index contributed by atoms with van der Waals surface area (Å²) in [5, 5.41) is 5.62. The maximum atomic E-state index is 11.5. The third kappa shape index (κ3) is 6.99. The fraction of sp³-hybridized carbons (Fsp3) is 0.533. The monoisotopic (exact) mass is 280 g/mol. The van der Waals surface area contributed by atoms with Crippen LogP contribution in [0.5, 0.6) is 5.75 Å². The highest BCUT2D eigenvalue weighted by Gasteiger charge is 1.99. The van der Waals surface area contributed by atoms with Crippen molar-refractivity contribution >= 4 is 6.03 Å². The van der Waals surface area contributed by atoms with Crippen LogP contribution < -0.4 is 15.4 Å². The van der Waals surface area contributed by atoms with Crippen molar-refractivity contribution in [1.82, 2.24) is 10.6 Å². The van der Waals surface area contributed by atoms with E-state index in [1.165, 1.54) is 5.56 Å². The second kappa shape index (κ2) is 10.1. The number of nitrogens with one attached hydrogen (secondary N) is 2. The lowest BCUT2D eigenvalue weighted by molar-refractivity contribution is 0.145. The molecule has 1 aromatic rings. The molecule has 0 aliphatic carbocycles. The molecule has 0 radical (unpaired) electrons. The third-order valence-corrected chi connectivity index (χ3v) is 2.81. The molecule has 5 nitrogen and oxygen atoms in total. The number of hydrogen-bond acceptors (Lipinski definition) is 3. The standard InChI is InChI=1S/C15H24N2O3/c1-3-20-12-4-10-16-15(18)17-11-9-13-5-7-14(19-2)8-6-13/h5-8H,3-4,9-12H2,1-2H3,(H2,16,17,18). The molecule has 20 heavy (non-hydrogen) atoms. The quantitative estimate of drug-likeness (QED) is 0.680. The van der Waals surface area contributed by atoms with Gasteiger partial charge in [0.15, 0.2) is 0 Å². The number of hydrogen-bond donors (Lipinski definition) is 2. The van der Waals surface area contributed by atoms with Crippen molar-refractivity contribution in [3.8, 4) is 5.75 Å². The summed E-state index contributed by atoms with van der Waals surface area (Å²) >= 11 is 0. The molecule has 1 aromatic carbocycles. The van der Waals surface area contributed by atoms with Crippen molar-refractivity contribution in [3.05, 3.63) is 29.8 Å². The van der Waals surface area contributed by atoms with Gasteiger partial charge in [-0.2, -0.15) is 0 Å². The Hall–Kier alpha value is -1.75. The molecule has 0 saturated heterocycles. The number of benzene rings is 1. The van der Waals surface area contributed by atoms with E-state index in [0.717, 1.165) is 18.6 Å². The Labute approximate surface area is 120 Å². The van der Waals surface area contributed by atoms with E-state index >= 15 is 0 Å². The second-order valence-electron chi connectivity index (χ2n) is 4.33. The van der Waals surface area contributed by atoms with Crippen molar-refractivity contribution in [3.63, 3.8) is 0 Å². The number of amides is 2. The summed E-state index contributed by atoms with van der Waals surface area (Å²) in [6.07, 6.45) is 1.64. The molecule has 0 atom stereocenters. The van der Waals surface area contributed by atoms with E-state index in [9.17, 15) is 4.79 Å². The van der Waals surface area contributed by atoms with Crippen molar-refractivity contribution in [2.45, 2.75) is 19.8 Å². The highest BCUT2D eigenvalue weighted by atomic mass is 16.5. The Bertz CT molecular complexity index is 379. The van der Waals surface area contributed by atoms with Crippen molar-refractivity contribution < 1.29 is 14.3 Å². The van der Waals surface area contributed by atoms with Gasteiger partial charge in [-0.3, -0.25) is 0 Å². The molecule has 112 valence electrons. The molecule has 0 aliphatic heterocycles. The zero-order valence-corrected chi connectivity index (χ0v) is 12.3. The van der Waals surface area contributed by atoms with E-state index in [4.69, 9.17) is 9.47 Å². The maximum absolute atomic E-state index is 11.5. The predicted molar refractivity (Wildman–Crippen MR) is 79.2 cm³/mol. The number of carbonyl (C=O) groups excluding carboxylic acids is 1. The molecule has 2 amide bonds. The van der Waals surface area contributed by atoms with Gasteiger partial charge in [-0.15, -0.1) is 0 Å². The molecule has 0 heterocycles. The van der Waals surface area contributed by atoms with E-state index in [1.807, 2.05) is 31.2 Å². The fourth-order valence-corrected chi connectivity index (χ4v) is 1.70. The largest absolute Gasteiger partial charge is 0.497 e. The summed E-state index contributed by atoms with van der Waals surface area (Å²) in [4.78, 5) is 11.5. The Morgan fingerprint density at radius 1 is 1.15 bits per heavy atom. The van der Waals surface area contributed by atoms with Crippen LogP contribution in [0, 0.1) is 0 Å². The average molecular weight is 280 g/mol. The number of urea groups is 1. The number of rotatable bonds is 9. The normalized spacial score (nSPS) is 10.1. The third-order valence-electron chi connectivity index (χ3n) is 2.81. The van der Waals surface area contributed by atoms with Gasteiger partial charge in [0.1, 0.15) is 5.75 Å². The Balaban J connectivity index is 2.08. The zero-order valence-electron chi connectivity index (χ0n) is 12.3. The smallest absolute Gasteiger partial charge is 0.314 e. The minimum atomic E-state index is -0.130. The maximum Gasteiger partial charge on any atom is 0.314 e. The van der Waals surface area contributed by atoms with Crippen LogP contribution in [0.15, 0.2) is 24.3 Å². The van der Waals surface area contributed by atoms with E-state index < -0.39 is 0 Å². The molecule has 0 aliphatic rings. The molecule has 2 N–H and O–H groups in total. The van der Waals surface area contributed by atoms with Crippen LogP contribution in [0.25, 0.3) is 0 Å². The van der Waals surface area contributed by atoms with Gasteiger partial charge in [0.25, 0.3) is 0 Å². The van der Waals surface area contributed by atoms with Gasteiger partial charge in [0, 0.05) is 26.3 Å². The molecule has 0 spiro atoms. The van der Waals surface area contributed by atoms with Gasteiger partial charge >= 0.3 is 6.03 Å². The van der Waals surface area contributed by atoms with Crippen LogP contribution in [0.4, 0.5) is 4.79 Å². The average Bonchev–Trinajstić information content (AvgIpc) is 2.48. The van der Waals surface area contributed by atoms with E-state index in [0.29, 0.717) is 26.3 Å². The van der Waals surface area contributed by atoms with Crippen LogP contribution in [0.2, 0.25) is 0 Å². The number of ether oxygens (including phenoxy) is 2. The van der Waals surface area contributed by atoms with E-state index in [2.05, 4.69) is 10.6 Å². The van der Waals surface area contributed by atoms with Crippen molar-refractivity contribution in [1.29, 1.82) is 0 Å². The summed E-state index contributed by atoms with van der Waals surface area (Å²) in [6, 6.07) is 7.71. The number of carbonyl (C=O) groups is 1. The number of methoxy groups -OCH3 is 1. The van der Waals surface area contributed by atoms with Crippen LogP contribution in [0.1, 0.15) is 18.9 Å². The first-order valence-electron chi connectivity index (χ1n) is 6.98. The lowest BCUT2D eigenvalue weighted by Gasteiger charge is -2.08. The van der Waals surface area contributed by atoms with E-state index in [1.54, 1.807) is 7.11 Å². The van der Waals surface area contributed by atoms with Gasteiger partial charge in [0.05, 0.1) is 7.11 Å². The minimum Gasteiger partial charge on any atom is -0.497 e. The molecule has 5 heteroatoms. The summed E-state index contributed by atoms with van der Waals surface area (Å²) in [6.45, 7) is 4.61. The van der Waals surface area contributed by atoms with Crippen LogP contribution in [-0.2, 0) is 11.2 Å². The summed E-state index contributed by atoms with van der Waals surface area (Å²) < 4.78 is 10.3. The van der Waals surface area contributed by atoms with Crippen LogP contribution in [0.3, 0.4) is 0 Å². The summed E-state index contributed by atoms with van der Waals surface area (Å²) in [5.74, 6) is 0.841. The molecule has 0 aromatic heterocycles. The molecule has 0 saturated carbocycles. The van der Waals surface area contributed by atoms with Gasteiger partial charge in [-0.25, -0.2) is 4.79 Å². The van der Waals surface area contributed by atoms with Gasteiger partial charge in [-0.05, 0) is 37.5 Å². The second-order valence-corrected chi connectivity index (χ2v) is 4.33. The Kier molecular flexibility index (Phi) is 8.22. The molecular formula is C15H24N2O3. The Morgan fingerprint density at radius 2 is 1.85 bits per heavy atom. The zero-order chi connectivity index (χ0) is 14.6. The van der Waals surface area contributed by atoms with E-state index in [-0.39, 0.29) is 6.03 Å². The minimum absolute atomic E-state index is 0.130. The molecule has 1 rings (SSSR count). The lowest BCUT2D eigenvalue weighted by Crippen LogP contribution is -2.37. The van der Waals surface area contributed by atoms with Gasteiger partial charge in [0.2, 0.25) is 0 Å². The highest BCUT2D eigenvalue weighted by Crippen LogP contribution is 2.11. The first-order valence-corrected chi connectivity index (χ1v) is 6.98.